The summed E-state index contributed by atoms with van der Waals surface area (Å²) in [7, 11) is 0. The molecule has 29 heavy (non-hydrogen) atoms. The Morgan fingerprint density at radius 2 is 1.97 bits per heavy atom. The van der Waals surface area contributed by atoms with E-state index in [-0.39, 0.29) is 17.0 Å². The van der Waals surface area contributed by atoms with E-state index >= 15 is 0 Å². The van der Waals surface area contributed by atoms with Gasteiger partial charge in [0.2, 0.25) is 5.13 Å². The quantitative estimate of drug-likeness (QED) is 0.536. The van der Waals surface area contributed by atoms with Crippen LogP contribution in [-0.2, 0) is 0 Å². The van der Waals surface area contributed by atoms with E-state index in [1.165, 1.54) is 28.2 Å². The maximum atomic E-state index is 12.6. The van der Waals surface area contributed by atoms with Gasteiger partial charge < -0.3 is 0 Å². The molecule has 1 saturated carbocycles. The number of aromatic amines is 1. The van der Waals surface area contributed by atoms with Crippen molar-refractivity contribution in [1.82, 2.24) is 24.7 Å². The van der Waals surface area contributed by atoms with Gasteiger partial charge in [-0.05, 0) is 18.9 Å². The molecule has 1 aromatic carbocycles. The lowest BCUT2D eigenvalue weighted by Gasteiger charge is -2.08. The molecule has 0 unspecified atom stereocenters. The van der Waals surface area contributed by atoms with Crippen LogP contribution in [-0.4, -0.2) is 30.6 Å². The zero-order chi connectivity index (χ0) is 20.0. The summed E-state index contributed by atoms with van der Waals surface area (Å²) in [6, 6.07) is 11.0. The molecule has 2 N–H and O–H groups in total. The topological polar surface area (TPSA) is 123 Å². The van der Waals surface area contributed by atoms with Crippen molar-refractivity contribution in [1.29, 1.82) is 0 Å². The zero-order valence-corrected chi connectivity index (χ0v) is 15.8. The van der Waals surface area contributed by atoms with E-state index in [0.29, 0.717) is 15.8 Å². The van der Waals surface area contributed by atoms with Crippen molar-refractivity contribution in [2.45, 2.75) is 18.9 Å². The average Bonchev–Trinajstić information content (AvgIpc) is 3.45. The largest absolute Gasteiger partial charge is 0.330 e. The van der Waals surface area contributed by atoms with E-state index in [9.17, 15) is 14.4 Å². The lowest BCUT2D eigenvalue weighted by atomic mass is 10.2. The third-order valence-corrected chi connectivity index (χ3v) is 5.51. The summed E-state index contributed by atoms with van der Waals surface area (Å²) in [5.74, 6) is -0.460. The number of rotatable bonds is 4. The Morgan fingerprint density at radius 1 is 1.17 bits per heavy atom. The molecule has 0 atom stereocenters. The van der Waals surface area contributed by atoms with E-state index in [2.05, 4.69) is 25.5 Å². The van der Waals surface area contributed by atoms with E-state index in [1.807, 2.05) is 30.3 Å². The van der Waals surface area contributed by atoms with Gasteiger partial charge in [0, 0.05) is 17.8 Å². The van der Waals surface area contributed by atoms with Crippen LogP contribution in [0.1, 0.15) is 29.2 Å². The molecule has 1 aliphatic rings. The summed E-state index contributed by atoms with van der Waals surface area (Å²) >= 11 is 1.24. The molecule has 3 aromatic heterocycles. The Kier molecular flexibility index (Phi) is 4.06. The maximum absolute atomic E-state index is 12.6. The molecule has 10 heteroatoms. The molecule has 1 aliphatic carbocycles. The number of carbonyl (C=O) groups is 1. The maximum Gasteiger partial charge on any atom is 0.330 e. The monoisotopic (exact) mass is 406 g/mol. The molecule has 0 spiro atoms. The lowest BCUT2D eigenvalue weighted by Crippen LogP contribution is -2.30. The van der Waals surface area contributed by atoms with Crippen molar-refractivity contribution in [3.05, 3.63) is 69.0 Å². The van der Waals surface area contributed by atoms with Gasteiger partial charge >= 0.3 is 5.69 Å². The molecule has 1 fully saturated rings. The summed E-state index contributed by atoms with van der Waals surface area (Å²) in [5.41, 5.74) is 0.353. The number of hydrogen-bond acceptors (Lipinski definition) is 7. The standard InChI is InChI=1S/C19H14N6O3S/c26-15(21-18-24-23-17(29-18)10-4-2-1-3-5-10)11-8-13-14(20-9-11)25(12-6-7-12)19(28)22-16(13)27/h1-5,8-9,12H,6-7H2,(H,21,24,26)(H,22,27,28). The number of H-pyrrole nitrogens is 1. The minimum atomic E-state index is -0.564. The third-order valence-electron chi connectivity index (χ3n) is 4.62. The fraction of sp³-hybridized carbons (Fsp3) is 0.158. The molecular formula is C19H14N6O3S. The Labute approximate surface area is 167 Å². The molecule has 5 rings (SSSR count). The van der Waals surface area contributed by atoms with E-state index in [1.54, 1.807) is 0 Å². The van der Waals surface area contributed by atoms with Crippen LogP contribution in [0.5, 0.6) is 0 Å². The Hall–Kier alpha value is -3.66. The molecule has 3 heterocycles. The number of anilines is 1. The highest BCUT2D eigenvalue weighted by Gasteiger charge is 2.27. The summed E-state index contributed by atoms with van der Waals surface area (Å²) in [6.45, 7) is 0. The number of aromatic nitrogens is 5. The molecule has 0 radical (unpaired) electrons. The second-order valence-electron chi connectivity index (χ2n) is 6.69. The summed E-state index contributed by atoms with van der Waals surface area (Å²) < 4.78 is 1.48. The zero-order valence-electron chi connectivity index (χ0n) is 15.0. The Morgan fingerprint density at radius 3 is 2.72 bits per heavy atom. The predicted molar refractivity (Wildman–Crippen MR) is 108 cm³/mol. The van der Waals surface area contributed by atoms with Crippen LogP contribution in [0.4, 0.5) is 5.13 Å². The highest BCUT2D eigenvalue weighted by molar-refractivity contribution is 7.18. The predicted octanol–water partition coefficient (Wildman–Crippen LogP) is 2.19. The normalized spacial score (nSPS) is 13.5. The van der Waals surface area contributed by atoms with Gasteiger partial charge in [-0.15, -0.1) is 10.2 Å². The molecule has 4 aromatic rings. The molecule has 144 valence electrons. The number of hydrogen-bond donors (Lipinski definition) is 2. The number of pyridine rings is 1. The van der Waals surface area contributed by atoms with Crippen LogP contribution in [0.15, 0.2) is 52.2 Å². The highest BCUT2D eigenvalue weighted by Crippen LogP contribution is 2.34. The van der Waals surface area contributed by atoms with Crippen molar-refractivity contribution in [2.75, 3.05) is 5.32 Å². The average molecular weight is 406 g/mol. The summed E-state index contributed by atoms with van der Waals surface area (Å²) in [4.78, 5) is 43.5. The van der Waals surface area contributed by atoms with Crippen molar-refractivity contribution < 1.29 is 4.79 Å². The van der Waals surface area contributed by atoms with Crippen molar-refractivity contribution >= 4 is 33.4 Å². The van der Waals surface area contributed by atoms with Gasteiger partial charge in [0.1, 0.15) is 10.7 Å². The van der Waals surface area contributed by atoms with Gasteiger partial charge in [-0.3, -0.25) is 24.5 Å². The van der Waals surface area contributed by atoms with Gasteiger partial charge in [-0.25, -0.2) is 9.78 Å². The Bertz CT molecular complexity index is 1350. The van der Waals surface area contributed by atoms with Gasteiger partial charge in [0.05, 0.1) is 10.9 Å². The molecule has 0 bridgehead atoms. The fourth-order valence-electron chi connectivity index (χ4n) is 3.07. The number of amides is 1. The number of nitrogens with zero attached hydrogens (tertiary/aromatic N) is 4. The second kappa shape index (κ2) is 6.74. The number of fused-ring (bicyclic) bond motifs is 1. The van der Waals surface area contributed by atoms with Crippen LogP contribution in [0.25, 0.3) is 21.6 Å². The second-order valence-corrected chi connectivity index (χ2v) is 7.67. The van der Waals surface area contributed by atoms with Gasteiger partial charge in [0.15, 0.2) is 0 Å². The molecule has 0 aliphatic heterocycles. The van der Waals surface area contributed by atoms with Crippen LogP contribution < -0.4 is 16.6 Å². The third kappa shape index (κ3) is 3.23. The number of carbonyl (C=O) groups excluding carboxylic acids is 1. The smallest absolute Gasteiger partial charge is 0.296 e. The van der Waals surface area contributed by atoms with Crippen molar-refractivity contribution in [2.24, 2.45) is 0 Å². The minimum Gasteiger partial charge on any atom is -0.296 e. The molecular weight excluding hydrogens is 392 g/mol. The lowest BCUT2D eigenvalue weighted by molar-refractivity contribution is 0.102. The van der Waals surface area contributed by atoms with Crippen LogP contribution in [0.3, 0.4) is 0 Å². The molecule has 1 amide bonds. The van der Waals surface area contributed by atoms with Crippen molar-refractivity contribution in [3.8, 4) is 10.6 Å². The molecule has 9 nitrogen and oxygen atoms in total. The first-order valence-corrected chi connectivity index (χ1v) is 9.76. The first-order chi connectivity index (χ1) is 14.1. The van der Waals surface area contributed by atoms with Crippen molar-refractivity contribution in [3.63, 3.8) is 0 Å². The van der Waals surface area contributed by atoms with Gasteiger partial charge in [0.25, 0.3) is 11.5 Å². The van der Waals surface area contributed by atoms with Gasteiger partial charge in [-0.1, -0.05) is 41.7 Å². The van der Waals surface area contributed by atoms with Crippen LogP contribution in [0, 0.1) is 0 Å². The highest BCUT2D eigenvalue weighted by atomic mass is 32.1. The first-order valence-electron chi connectivity index (χ1n) is 8.95. The SMILES string of the molecule is O=C(Nc1nnc(-c2ccccc2)s1)c1cnc2c(c1)c(=O)[nH]c(=O)n2C1CC1. The number of benzene rings is 1. The van der Waals surface area contributed by atoms with E-state index in [4.69, 9.17) is 0 Å². The van der Waals surface area contributed by atoms with Gasteiger partial charge in [-0.2, -0.15) is 0 Å². The summed E-state index contributed by atoms with van der Waals surface area (Å²) in [5, 5.41) is 12.0. The van der Waals surface area contributed by atoms with Crippen LogP contribution in [0.2, 0.25) is 0 Å². The minimum absolute atomic E-state index is 0.0480. The summed E-state index contributed by atoms with van der Waals surface area (Å²) in [6.07, 6.45) is 3.09. The Balaban J connectivity index is 1.45. The fourth-order valence-corrected chi connectivity index (χ4v) is 3.82. The van der Waals surface area contributed by atoms with Crippen LogP contribution >= 0.6 is 11.3 Å². The van der Waals surface area contributed by atoms with E-state index in [0.717, 1.165) is 18.4 Å². The van der Waals surface area contributed by atoms with E-state index < -0.39 is 17.2 Å². The number of nitrogens with one attached hydrogen (secondary N) is 2. The first kappa shape index (κ1) is 17.4. The molecule has 0 saturated heterocycles.